The lowest BCUT2D eigenvalue weighted by molar-refractivity contribution is 0.695. The molecule has 1 aromatic carbocycles. The fraction of sp³-hybridized carbons (Fsp3) is 0.562. The van der Waals surface area contributed by atoms with Crippen molar-refractivity contribution >= 4 is 41.7 Å². The maximum atomic E-state index is 4.78. The number of nitrogens with zero attached hydrogens (tertiary/aromatic N) is 1. The second-order valence-corrected chi connectivity index (χ2v) is 6.25. The molecule has 0 aliphatic heterocycles. The van der Waals surface area contributed by atoms with Crippen LogP contribution in [0.15, 0.2) is 35.3 Å². The van der Waals surface area contributed by atoms with E-state index >= 15 is 0 Å². The van der Waals surface area contributed by atoms with Crippen LogP contribution in [0.3, 0.4) is 0 Å². The van der Waals surface area contributed by atoms with Gasteiger partial charge in [-0.05, 0) is 31.6 Å². The summed E-state index contributed by atoms with van der Waals surface area (Å²) in [5, 5.41) is 6.71. The molecule has 0 heterocycles. The Morgan fingerprint density at radius 2 is 1.95 bits per heavy atom. The van der Waals surface area contributed by atoms with Crippen LogP contribution in [-0.4, -0.2) is 37.6 Å². The van der Waals surface area contributed by atoms with E-state index in [0.29, 0.717) is 5.41 Å². The van der Waals surface area contributed by atoms with Crippen molar-refractivity contribution in [2.75, 3.05) is 31.6 Å². The molecule has 0 radical (unpaired) electrons. The molecular weight excluding hydrogens is 393 g/mol. The lowest BCUT2D eigenvalue weighted by atomic mass is 9.96. The highest BCUT2D eigenvalue weighted by Gasteiger charge is 2.43. The molecule has 5 heteroatoms. The second kappa shape index (κ2) is 9.56. The summed E-state index contributed by atoms with van der Waals surface area (Å²) >= 11 is 1.85. The first-order chi connectivity index (χ1) is 9.80. The van der Waals surface area contributed by atoms with E-state index in [4.69, 9.17) is 4.99 Å². The fourth-order valence-electron chi connectivity index (χ4n) is 2.32. The van der Waals surface area contributed by atoms with Crippen molar-refractivity contribution in [1.29, 1.82) is 0 Å². The van der Waals surface area contributed by atoms with Gasteiger partial charge >= 0.3 is 0 Å². The van der Waals surface area contributed by atoms with Gasteiger partial charge in [-0.25, -0.2) is 0 Å². The zero-order valence-electron chi connectivity index (χ0n) is 12.9. The van der Waals surface area contributed by atoms with Gasteiger partial charge in [0.25, 0.3) is 0 Å². The molecular formula is C16H26IN3S. The Morgan fingerprint density at radius 3 is 2.52 bits per heavy atom. The molecule has 0 aromatic heterocycles. The average molecular weight is 419 g/mol. The van der Waals surface area contributed by atoms with Gasteiger partial charge in [-0.15, -0.1) is 24.0 Å². The number of thioether (sulfide) groups is 1. The molecule has 2 N–H and O–H groups in total. The first kappa shape index (κ1) is 18.6. The van der Waals surface area contributed by atoms with Crippen LogP contribution in [0, 0.1) is 0 Å². The number of nitrogens with one attached hydrogen (secondary N) is 2. The summed E-state index contributed by atoms with van der Waals surface area (Å²) in [4.78, 5) is 4.78. The standard InChI is InChI=1S/C16H25N3S.HI/c1-3-17-15(18-11-12-20-2)19-13-16(9-10-16)14-7-5-4-6-8-14;/h4-8H,3,9-13H2,1-2H3,(H2,17,18,19);1H. The van der Waals surface area contributed by atoms with Crippen molar-refractivity contribution < 1.29 is 0 Å². The van der Waals surface area contributed by atoms with E-state index in [-0.39, 0.29) is 24.0 Å². The van der Waals surface area contributed by atoms with E-state index in [1.54, 1.807) is 0 Å². The summed E-state index contributed by atoms with van der Waals surface area (Å²) in [6.07, 6.45) is 4.63. The Labute approximate surface area is 149 Å². The molecule has 2 rings (SSSR count). The Balaban J connectivity index is 0.00000220. The minimum atomic E-state index is 0. The van der Waals surface area contributed by atoms with Gasteiger partial charge in [0, 0.05) is 24.3 Å². The quantitative estimate of drug-likeness (QED) is 0.308. The molecule has 0 unspecified atom stereocenters. The Morgan fingerprint density at radius 1 is 1.24 bits per heavy atom. The Kier molecular flexibility index (Phi) is 8.48. The monoisotopic (exact) mass is 419 g/mol. The number of guanidine groups is 1. The number of rotatable bonds is 7. The predicted octanol–water partition coefficient (Wildman–Crippen LogP) is 3.25. The molecule has 1 fully saturated rings. The smallest absolute Gasteiger partial charge is 0.191 e. The van der Waals surface area contributed by atoms with Crippen LogP contribution in [0.2, 0.25) is 0 Å². The second-order valence-electron chi connectivity index (χ2n) is 5.26. The zero-order chi connectivity index (χ0) is 14.3. The number of benzene rings is 1. The Bertz CT molecular complexity index is 432. The summed E-state index contributed by atoms with van der Waals surface area (Å²) < 4.78 is 0. The van der Waals surface area contributed by atoms with Gasteiger partial charge in [-0.1, -0.05) is 30.3 Å². The molecule has 1 aliphatic rings. The summed E-state index contributed by atoms with van der Waals surface area (Å²) in [5.41, 5.74) is 1.73. The number of hydrogen-bond acceptors (Lipinski definition) is 2. The largest absolute Gasteiger partial charge is 0.357 e. The molecule has 1 aliphatic carbocycles. The van der Waals surface area contributed by atoms with E-state index in [9.17, 15) is 0 Å². The summed E-state index contributed by atoms with van der Waals surface area (Å²) in [6, 6.07) is 10.8. The van der Waals surface area contributed by atoms with Gasteiger partial charge in [0.05, 0.1) is 6.54 Å². The van der Waals surface area contributed by atoms with Crippen LogP contribution in [0.4, 0.5) is 0 Å². The van der Waals surface area contributed by atoms with Gasteiger partial charge < -0.3 is 10.6 Å². The lowest BCUT2D eigenvalue weighted by Gasteiger charge is -2.15. The highest BCUT2D eigenvalue weighted by molar-refractivity contribution is 14.0. The van der Waals surface area contributed by atoms with Crippen molar-refractivity contribution in [1.82, 2.24) is 10.6 Å². The minimum absolute atomic E-state index is 0. The van der Waals surface area contributed by atoms with E-state index in [2.05, 4.69) is 54.1 Å². The van der Waals surface area contributed by atoms with Gasteiger partial charge in [-0.3, -0.25) is 4.99 Å². The molecule has 3 nitrogen and oxygen atoms in total. The first-order valence-electron chi connectivity index (χ1n) is 7.37. The third kappa shape index (κ3) is 5.70. The van der Waals surface area contributed by atoms with E-state index < -0.39 is 0 Å². The third-order valence-electron chi connectivity index (χ3n) is 3.72. The average Bonchev–Trinajstić information content (AvgIpc) is 3.27. The molecule has 1 saturated carbocycles. The molecule has 0 bridgehead atoms. The third-order valence-corrected chi connectivity index (χ3v) is 4.33. The summed E-state index contributed by atoms with van der Waals surface area (Å²) in [6.45, 7) is 4.86. The molecule has 0 amide bonds. The normalized spacial score (nSPS) is 16.0. The van der Waals surface area contributed by atoms with Crippen LogP contribution in [0.1, 0.15) is 25.3 Å². The van der Waals surface area contributed by atoms with Crippen LogP contribution >= 0.6 is 35.7 Å². The fourth-order valence-corrected chi connectivity index (χ4v) is 2.63. The summed E-state index contributed by atoms with van der Waals surface area (Å²) in [7, 11) is 0. The van der Waals surface area contributed by atoms with Crippen molar-refractivity contribution in [2.24, 2.45) is 4.99 Å². The highest BCUT2D eigenvalue weighted by atomic mass is 127. The molecule has 0 saturated heterocycles. The number of halogens is 1. The number of aliphatic imine (C=N–C) groups is 1. The van der Waals surface area contributed by atoms with Crippen LogP contribution in [-0.2, 0) is 5.41 Å². The van der Waals surface area contributed by atoms with E-state index in [1.807, 2.05) is 11.8 Å². The van der Waals surface area contributed by atoms with Crippen molar-refractivity contribution in [3.05, 3.63) is 35.9 Å². The van der Waals surface area contributed by atoms with Gasteiger partial charge in [0.2, 0.25) is 0 Å². The van der Waals surface area contributed by atoms with E-state index in [0.717, 1.165) is 31.3 Å². The van der Waals surface area contributed by atoms with Gasteiger partial charge in [-0.2, -0.15) is 11.8 Å². The van der Waals surface area contributed by atoms with E-state index in [1.165, 1.54) is 18.4 Å². The van der Waals surface area contributed by atoms with Crippen molar-refractivity contribution in [2.45, 2.75) is 25.2 Å². The molecule has 0 spiro atoms. The molecule has 1 aromatic rings. The van der Waals surface area contributed by atoms with Crippen molar-refractivity contribution in [3.8, 4) is 0 Å². The van der Waals surface area contributed by atoms with Gasteiger partial charge in [0.1, 0.15) is 0 Å². The lowest BCUT2D eigenvalue weighted by Crippen LogP contribution is -2.39. The summed E-state index contributed by atoms with van der Waals surface area (Å²) in [5.74, 6) is 2.05. The Hall–Kier alpha value is -0.430. The SMILES string of the molecule is CCNC(=NCC1(c2ccccc2)CC1)NCCSC.I. The molecule has 21 heavy (non-hydrogen) atoms. The predicted molar refractivity (Wildman–Crippen MR) is 105 cm³/mol. The van der Waals surface area contributed by atoms with Gasteiger partial charge in [0.15, 0.2) is 5.96 Å². The first-order valence-corrected chi connectivity index (χ1v) is 8.77. The number of hydrogen-bond donors (Lipinski definition) is 2. The molecule has 0 atom stereocenters. The van der Waals surface area contributed by atoms with Crippen LogP contribution < -0.4 is 10.6 Å². The maximum absolute atomic E-state index is 4.78. The topological polar surface area (TPSA) is 36.4 Å². The van der Waals surface area contributed by atoms with Crippen molar-refractivity contribution in [3.63, 3.8) is 0 Å². The van der Waals surface area contributed by atoms with Crippen LogP contribution in [0.25, 0.3) is 0 Å². The van der Waals surface area contributed by atoms with Crippen LogP contribution in [0.5, 0.6) is 0 Å². The zero-order valence-corrected chi connectivity index (χ0v) is 16.0. The maximum Gasteiger partial charge on any atom is 0.191 e. The minimum Gasteiger partial charge on any atom is -0.357 e. The highest BCUT2D eigenvalue weighted by Crippen LogP contribution is 2.48. The molecule has 118 valence electrons.